The Balaban J connectivity index is 1.71. The topological polar surface area (TPSA) is 54.5 Å². The van der Waals surface area contributed by atoms with Crippen LogP contribution in [0.15, 0.2) is 18.2 Å². The first-order valence-electron chi connectivity index (χ1n) is 9.09. The van der Waals surface area contributed by atoms with Crippen molar-refractivity contribution < 1.29 is 13.2 Å². The maximum absolute atomic E-state index is 12.8. The van der Waals surface area contributed by atoms with Crippen LogP contribution in [-0.4, -0.2) is 43.3 Å². The lowest BCUT2D eigenvalue weighted by molar-refractivity contribution is -0.132. The van der Waals surface area contributed by atoms with E-state index in [2.05, 4.69) is 18.2 Å². The molecule has 1 aliphatic heterocycles. The van der Waals surface area contributed by atoms with Gasteiger partial charge in [0.15, 0.2) is 9.84 Å². The number of amides is 1. The highest BCUT2D eigenvalue weighted by Gasteiger charge is 2.34. The highest BCUT2D eigenvalue weighted by molar-refractivity contribution is 7.91. The van der Waals surface area contributed by atoms with E-state index in [4.69, 9.17) is 0 Å². The van der Waals surface area contributed by atoms with Gasteiger partial charge in [0.1, 0.15) is 0 Å². The third-order valence-electron chi connectivity index (χ3n) is 5.20. The van der Waals surface area contributed by atoms with Crippen molar-refractivity contribution in [2.45, 2.75) is 57.9 Å². The third kappa shape index (κ3) is 4.00. The van der Waals surface area contributed by atoms with E-state index in [-0.39, 0.29) is 23.5 Å². The van der Waals surface area contributed by atoms with E-state index in [1.165, 1.54) is 24.0 Å². The number of aryl methyl sites for hydroxylation is 2. The zero-order chi connectivity index (χ0) is 17.2. The van der Waals surface area contributed by atoms with Gasteiger partial charge in [0.25, 0.3) is 0 Å². The Hall–Kier alpha value is -1.36. The molecular formula is C19H27NO3S. The van der Waals surface area contributed by atoms with E-state index in [9.17, 15) is 13.2 Å². The zero-order valence-corrected chi connectivity index (χ0v) is 15.3. The molecule has 1 fully saturated rings. The second-order valence-corrected chi connectivity index (χ2v) is 9.36. The Bertz CT molecular complexity index is 711. The van der Waals surface area contributed by atoms with Crippen LogP contribution in [0.1, 0.15) is 49.3 Å². The van der Waals surface area contributed by atoms with Crippen molar-refractivity contribution in [1.29, 1.82) is 0 Å². The Morgan fingerprint density at radius 3 is 2.62 bits per heavy atom. The van der Waals surface area contributed by atoms with E-state index in [1.54, 1.807) is 0 Å². The summed E-state index contributed by atoms with van der Waals surface area (Å²) in [4.78, 5) is 14.6. The molecule has 1 amide bonds. The lowest BCUT2D eigenvalue weighted by atomic mass is 9.90. The summed E-state index contributed by atoms with van der Waals surface area (Å²) in [7, 11) is -2.97. The van der Waals surface area contributed by atoms with Gasteiger partial charge in [-0.2, -0.15) is 0 Å². The SMILES string of the molecule is CCCN(C(=O)Cc1ccc2c(c1)CCCC2)C1CCS(=O)(=O)C1. The smallest absolute Gasteiger partial charge is 0.227 e. The van der Waals surface area contributed by atoms with Gasteiger partial charge in [-0.3, -0.25) is 4.79 Å². The summed E-state index contributed by atoms with van der Waals surface area (Å²) < 4.78 is 23.5. The molecule has 5 heteroatoms. The van der Waals surface area contributed by atoms with Gasteiger partial charge in [-0.25, -0.2) is 8.42 Å². The second kappa shape index (κ2) is 7.26. The molecule has 1 saturated heterocycles. The average Bonchev–Trinajstić information content (AvgIpc) is 2.92. The average molecular weight is 349 g/mol. The number of fused-ring (bicyclic) bond motifs is 1. The fourth-order valence-electron chi connectivity index (χ4n) is 3.95. The molecule has 0 spiro atoms. The van der Waals surface area contributed by atoms with Crippen molar-refractivity contribution in [2.24, 2.45) is 0 Å². The number of hydrogen-bond acceptors (Lipinski definition) is 3. The standard InChI is InChI=1S/C19H27NO3S/c1-2-10-20(18-9-11-24(22,23)14-18)19(21)13-15-7-8-16-5-3-4-6-17(16)12-15/h7-8,12,18H,2-6,9-11,13-14H2,1H3. The predicted octanol–water partition coefficient (Wildman–Crippen LogP) is 2.53. The van der Waals surface area contributed by atoms with Crippen molar-refractivity contribution >= 4 is 15.7 Å². The van der Waals surface area contributed by atoms with Crippen molar-refractivity contribution in [3.05, 3.63) is 34.9 Å². The van der Waals surface area contributed by atoms with Crippen LogP contribution < -0.4 is 0 Å². The summed E-state index contributed by atoms with van der Waals surface area (Å²) in [5.74, 6) is 0.405. The summed E-state index contributed by atoms with van der Waals surface area (Å²) in [6.07, 6.45) is 6.55. The first kappa shape index (κ1) is 17.5. The number of benzene rings is 1. The molecule has 132 valence electrons. The minimum atomic E-state index is -2.97. The molecule has 0 N–H and O–H groups in total. The summed E-state index contributed by atoms with van der Waals surface area (Å²) in [6.45, 7) is 2.67. The molecule has 0 aromatic heterocycles. The van der Waals surface area contributed by atoms with Crippen LogP contribution in [0, 0.1) is 0 Å². The maximum Gasteiger partial charge on any atom is 0.227 e. The van der Waals surface area contributed by atoms with E-state index in [0.717, 1.165) is 24.8 Å². The van der Waals surface area contributed by atoms with Crippen molar-refractivity contribution in [1.82, 2.24) is 4.90 Å². The molecular weight excluding hydrogens is 322 g/mol. The Morgan fingerprint density at radius 1 is 1.21 bits per heavy atom. The number of nitrogens with zero attached hydrogens (tertiary/aromatic N) is 1. The molecule has 0 saturated carbocycles. The monoisotopic (exact) mass is 349 g/mol. The highest BCUT2D eigenvalue weighted by Crippen LogP contribution is 2.24. The molecule has 1 aromatic carbocycles. The molecule has 1 aliphatic carbocycles. The molecule has 3 rings (SSSR count). The van der Waals surface area contributed by atoms with Gasteiger partial charge in [0, 0.05) is 12.6 Å². The molecule has 1 heterocycles. The number of carbonyl (C=O) groups excluding carboxylic acids is 1. The van der Waals surface area contributed by atoms with Gasteiger partial charge in [0.2, 0.25) is 5.91 Å². The molecule has 1 unspecified atom stereocenters. The molecule has 4 nitrogen and oxygen atoms in total. The summed E-state index contributed by atoms with van der Waals surface area (Å²) in [5.41, 5.74) is 3.87. The summed E-state index contributed by atoms with van der Waals surface area (Å²) >= 11 is 0. The number of rotatable bonds is 5. The fraction of sp³-hybridized carbons (Fsp3) is 0.632. The summed E-state index contributed by atoms with van der Waals surface area (Å²) in [5, 5.41) is 0. The molecule has 1 atom stereocenters. The minimum Gasteiger partial charge on any atom is -0.338 e. The predicted molar refractivity (Wildman–Crippen MR) is 95.9 cm³/mol. The van der Waals surface area contributed by atoms with Crippen LogP contribution >= 0.6 is 0 Å². The van der Waals surface area contributed by atoms with E-state index in [1.807, 2.05) is 11.8 Å². The van der Waals surface area contributed by atoms with Crippen molar-refractivity contribution in [3.8, 4) is 0 Å². The van der Waals surface area contributed by atoms with Gasteiger partial charge in [-0.1, -0.05) is 25.1 Å². The van der Waals surface area contributed by atoms with Crippen LogP contribution in [0.4, 0.5) is 0 Å². The molecule has 1 aromatic rings. The van der Waals surface area contributed by atoms with Gasteiger partial charge >= 0.3 is 0 Å². The lowest BCUT2D eigenvalue weighted by Crippen LogP contribution is -2.42. The lowest BCUT2D eigenvalue weighted by Gasteiger charge is -2.28. The molecule has 0 radical (unpaired) electrons. The van der Waals surface area contributed by atoms with Gasteiger partial charge < -0.3 is 4.90 Å². The Labute approximate surface area is 145 Å². The van der Waals surface area contributed by atoms with Gasteiger partial charge in [0.05, 0.1) is 17.9 Å². The quantitative estimate of drug-likeness (QED) is 0.821. The molecule has 0 bridgehead atoms. The normalized spacial score (nSPS) is 22.1. The molecule has 24 heavy (non-hydrogen) atoms. The van der Waals surface area contributed by atoms with E-state index >= 15 is 0 Å². The fourth-order valence-corrected chi connectivity index (χ4v) is 5.68. The maximum atomic E-state index is 12.8. The molecule has 2 aliphatic rings. The second-order valence-electron chi connectivity index (χ2n) is 7.13. The van der Waals surface area contributed by atoms with Crippen LogP contribution in [-0.2, 0) is 33.9 Å². The largest absolute Gasteiger partial charge is 0.338 e. The first-order chi connectivity index (χ1) is 11.5. The van der Waals surface area contributed by atoms with Gasteiger partial charge in [-0.05, 0) is 55.2 Å². The van der Waals surface area contributed by atoms with Crippen molar-refractivity contribution in [2.75, 3.05) is 18.1 Å². The van der Waals surface area contributed by atoms with Crippen LogP contribution in [0.5, 0.6) is 0 Å². The van der Waals surface area contributed by atoms with Crippen LogP contribution in [0.3, 0.4) is 0 Å². The number of carbonyl (C=O) groups is 1. The van der Waals surface area contributed by atoms with Crippen LogP contribution in [0.25, 0.3) is 0 Å². The van der Waals surface area contributed by atoms with Crippen LogP contribution in [0.2, 0.25) is 0 Å². The third-order valence-corrected chi connectivity index (χ3v) is 6.95. The van der Waals surface area contributed by atoms with E-state index in [0.29, 0.717) is 19.4 Å². The number of sulfone groups is 1. The van der Waals surface area contributed by atoms with E-state index < -0.39 is 9.84 Å². The number of hydrogen-bond donors (Lipinski definition) is 0. The Morgan fingerprint density at radius 2 is 1.96 bits per heavy atom. The Kier molecular flexibility index (Phi) is 5.28. The summed E-state index contributed by atoms with van der Waals surface area (Å²) in [6, 6.07) is 6.28. The first-order valence-corrected chi connectivity index (χ1v) is 10.9. The highest BCUT2D eigenvalue weighted by atomic mass is 32.2. The minimum absolute atomic E-state index is 0.0645. The van der Waals surface area contributed by atoms with Crippen molar-refractivity contribution in [3.63, 3.8) is 0 Å². The zero-order valence-electron chi connectivity index (χ0n) is 14.5. The van der Waals surface area contributed by atoms with Gasteiger partial charge in [-0.15, -0.1) is 0 Å².